The molecule has 0 N–H and O–H groups in total. The van der Waals surface area contributed by atoms with E-state index in [1.54, 1.807) is 0 Å². The SMILES string of the molecule is CN1CCN(C(=O)Cc2cccc(C=CB3OC(C)(C)C(C)(C)O3)c2)CC1. The normalized spacial score (nSPS) is 22.6. The molecule has 2 fully saturated rings. The Labute approximate surface area is 163 Å². The third-order valence-corrected chi connectivity index (χ3v) is 5.88. The molecule has 1 aromatic rings. The Bertz CT molecular complexity index is 693. The van der Waals surface area contributed by atoms with Crippen LogP contribution in [0.2, 0.25) is 0 Å². The van der Waals surface area contributed by atoms with E-state index in [1.807, 2.05) is 62.8 Å². The molecular weight excluding hydrogens is 339 g/mol. The Balaban J connectivity index is 1.60. The highest BCUT2D eigenvalue weighted by Gasteiger charge is 2.49. The maximum Gasteiger partial charge on any atom is 0.487 e. The highest BCUT2D eigenvalue weighted by atomic mass is 16.7. The monoisotopic (exact) mass is 370 g/mol. The van der Waals surface area contributed by atoms with E-state index in [-0.39, 0.29) is 24.2 Å². The van der Waals surface area contributed by atoms with Gasteiger partial charge >= 0.3 is 7.12 Å². The number of nitrogens with zero attached hydrogens (tertiary/aromatic N) is 2. The van der Waals surface area contributed by atoms with E-state index >= 15 is 0 Å². The molecule has 3 rings (SSSR count). The van der Waals surface area contributed by atoms with Crippen LogP contribution < -0.4 is 0 Å². The number of likely N-dealkylation sites (N-methyl/N-ethyl adjacent to an activating group) is 1. The van der Waals surface area contributed by atoms with Crippen LogP contribution in [0.4, 0.5) is 0 Å². The van der Waals surface area contributed by atoms with Crippen LogP contribution in [0.25, 0.3) is 6.08 Å². The minimum atomic E-state index is -0.356. The smallest absolute Gasteiger partial charge is 0.400 e. The van der Waals surface area contributed by atoms with Gasteiger partial charge in [-0.1, -0.05) is 36.3 Å². The second-order valence-corrected chi connectivity index (χ2v) is 8.59. The standard InChI is InChI=1S/C21H31BN2O3/c1-20(2)21(3,4)27-22(26-20)10-9-17-7-6-8-18(15-17)16-19(25)24-13-11-23(5)12-14-24/h6-10,15H,11-14,16H2,1-5H3. The number of amides is 1. The number of carbonyl (C=O) groups is 1. The van der Waals surface area contributed by atoms with Crippen molar-refractivity contribution in [2.45, 2.75) is 45.3 Å². The first-order valence-corrected chi connectivity index (χ1v) is 9.75. The zero-order chi connectivity index (χ0) is 19.7. The Morgan fingerprint density at radius 2 is 1.74 bits per heavy atom. The lowest BCUT2D eigenvalue weighted by Crippen LogP contribution is -2.47. The van der Waals surface area contributed by atoms with E-state index in [4.69, 9.17) is 9.31 Å². The van der Waals surface area contributed by atoms with Crippen molar-refractivity contribution in [3.05, 3.63) is 41.4 Å². The highest BCUT2D eigenvalue weighted by Crippen LogP contribution is 2.37. The van der Waals surface area contributed by atoms with Crippen LogP contribution in [0.3, 0.4) is 0 Å². The molecule has 2 aliphatic rings. The van der Waals surface area contributed by atoms with Gasteiger partial charge in [-0.2, -0.15) is 0 Å². The van der Waals surface area contributed by atoms with Crippen molar-refractivity contribution >= 4 is 19.1 Å². The number of piperazine rings is 1. The maximum absolute atomic E-state index is 12.5. The van der Waals surface area contributed by atoms with Crippen LogP contribution in [0.15, 0.2) is 30.2 Å². The summed E-state index contributed by atoms with van der Waals surface area (Å²) in [7, 11) is 1.74. The summed E-state index contributed by atoms with van der Waals surface area (Å²) in [5.74, 6) is 2.15. The fourth-order valence-electron chi connectivity index (χ4n) is 3.31. The molecular formula is C21H31BN2O3. The lowest BCUT2D eigenvalue weighted by Gasteiger charge is -2.32. The van der Waals surface area contributed by atoms with Gasteiger partial charge in [0.1, 0.15) is 0 Å². The average Bonchev–Trinajstić information content (AvgIpc) is 2.81. The number of hydrogen-bond donors (Lipinski definition) is 0. The molecule has 6 heteroatoms. The molecule has 0 bridgehead atoms. The third-order valence-electron chi connectivity index (χ3n) is 5.88. The molecule has 146 valence electrons. The van der Waals surface area contributed by atoms with E-state index in [0.29, 0.717) is 6.42 Å². The van der Waals surface area contributed by atoms with Crippen LogP contribution in [0.5, 0.6) is 0 Å². The predicted octanol–water partition coefficient (Wildman–Crippen LogP) is 2.65. The van der Waals surface area contributed by atoms with Gasteiger partial charge < -0.3 is 19.1 Å². The van der Waals surface area contributed by atoms with Crippen molar-refractivity contribution in [3.63, 3.8) is 0 Å². The Hall–Kier alpha value is -1.63. The predicted molar refractivity (Wildman–Crippen MR) is 109 cm³/mol. The van der Waals surface area contributed by atoms with Crippen molar-refractivity contribution in [2.24, 2.45) is 0 Å². The minimum Gasteiger partial charge on any atom is -0.400 e. The summed E-state index contributed by atoms with van der Waals surface area (Å²) in [6.07, 6.45) is 2.45. The van der Waals surface area contributed by atoms with Crippen molar-refractivity contribution in [1.29, 1.82) is 0 Å². The number of carbonyl (C=O) groups excluding carboxylic acids is 1. The van der Waals surface area contributed by atoms with Gasteiger partial charge in [0.05, 0.1) is 17.6 Å². The average molecular weight is 370 g/mol. The summed E-state index contributed by atoms with van der Waals surface area (Å²) in [6.45, 7) is 11.7. The van der Waals surface area contributed by atoms with Gasteiger partial charge in [-0.15, -0.1) is 0 Å². The Morgan fingerprint density at radius 1 is 1.11 bits per heavy atom. The molecule has 2 saturated heterocycles. The van der Waals surface area contributed by atoms with Crippen LogP contribution in [0, 0.1) is 0 Å². The van der Waals surface area contributed by atoms with Gasteiger partial charge in [-0.25, -0.2) is 0 Å². The van der Waals surface area contributed by atoms with Crippen LogP contribution >= 0.6 is 0 Å². The minimum absolute atomic E-state index is 0.204. The van der Waals surface area contributed by atoms with E-state index in [0.717, 1.165) is 37.3 Å². The first-order chi connectivity index (χ1) is 12.7. The van der Waals surface area contributed by atoms with Gasteiger partial charge in [0.25, 0.3) is 0 Å². The molecule has 2 heterocycles. The van der Waals surface area contributed by atoms with Crippen LogP contribution in [-0.4, -0.2) is 67.3 Å². The van der Waals surface area contributed by atoms with E-state index < -0.39 is 0 Å². The molecule has 0 saturated carbocycles. The fourth-order valence-corrected chi connectivity index (χ4v) is 3.31. The van der Waals surface area contributed by atoms with Gasteiger partial charge in [0.15, 0.2) is 0 Å². The van der Waals surface area contributed by atoms with E-state index in [9.17, 15) is 4.79 Å². The summed E-state index contributed by atoms with van der Waals surface area (Å²) in [5.41, 5.74) is 1.42. The molecule has 1 amide bonds. The summed E-state index contributed by atoms with van der Waals surface area (Å²) in [4.78, 5) is 16.8. The second-order valence-electron chi connectivity index (χ2n) is 8.59. The van der Waals surface area contributed by atoms with Gasteiger partial charge in [-0.3, -0.25) is 4.79 Å². The Kier molecular flexibility index (Phi) is 5.80. The maximum atomic E-state index is 12.5. The molecule has 1 aromatic carbocycles. The molecule has 0 aromatic heterocycles. The fraction of sp³-hybridized carbons (Fsp3) is 0.571. The molecule has 2 aliphatic heterocycles. The molecule has 0 radical (unpaired) electrons. The summed E-state index contributed by atoms with van der Waals surface area (Å²) >= 11 is 0. The van der Waals surface area contributed by atoms with Crippen LogP contribution in [0.1, 0.15) is 38.8 Å². The van der Waals surface area contributed by atoms with Crippen molar-refractivity contribution in [3.8, 4) is 0 Å². The van der Waals surface area contributed by atoms with Crippen molar-refractivity contribution in [1.82, 2.24) is 9.80 Å². The quantitative estimate of drug-likeness (QED) is 0.765. The molecule has 27 heavy (non-hydrogen) atoms. The van der Waals surface area contributed by atoms with Gasteiger partial charge in [0, 0.05) is 26.2 Å². The summed E-state index contributed by atoms with van der Waals surface area (Å²) in [6, 6.07) is 8.11. The molecule has 0 atom stereocenters. The number of benzene rings is 1. The first-order valence-electron chi connectivity index (χ1n) is 9.75. The first kappa shape index (κ1) is 20.1. The summed E-state index contributed by atoms with van der Waals surface area (Å²) in [5, 5.41) is 0. The topological polar surface area (TPSA) is 42.0 Å². The van der Waals surface area contributed by atoms with E-state index in [1.165, 1.54) is 0 Å². The number of rotatable bonds is 4. The van der Waals surface area contributed by atoms with Crippen molar-refractivity contribution < 1.29 is 14.1 Å². The zero-order valence-corrected chi connectivity index (χ0v) is 17.2. The number of hydrogen-bond acceptors (Lipinski definition) is 4. The van der Waals surface area contributed by atoms with Gasteiger partial charge in [-0.05, 0) is 45.9 Å². The molecule has 0 unspecified atom stereocenters. The van der Waals surface area contributed by atoms with Crippen molar-refractivity contribution in [2.75, 3.05) is 33.2 Å². The van der Waals surface area contributed by atoms with Crippen LogP contribution in [-0.2, 0) is 20.5 Å². The largest absolute Gasteiger partial charge is 0.487 e. The lowest BCUT2D eigenvalue weighted by molar-refractivity contribution is -0.132. The van der Waals surface area contributed by atoms with Gasteiger partial charge in [0.2, 0.25) is 5.91 Å². The molecule has 0 spiro atoms. The zero-order valence-electron chi connectivity index (χ0n) is 17.2. The molecule has 0 aliphatic carbocycles. The second kappa shape index (κ2) is 7.78. The molecule has 5 nitrogen and oxygen atoms in total. The Morgan fingerprint density at radius 3 is 2.37 bits per heavy atom. The summed E-state index contributed by atoms with van der Waals surface area (Å²) < 4.78 is 12.0. The van der Waals surface area contributed by atoms with E-state index in [2.05, 4.69) is 18.0 Å². The highest BCUT2D eigenvalue weighted by molar-refractivity contribution is 6.52. The lowest BCUT2D eigenvalue weighted by atomic mass is 9.89. The third kappa shape index (κ3) is 4.81.